The Morgan fingerprint density at radius 3 is 2.75 bits per heavy atom. The number of hydrogen-bond donors (Lipinski definition) is 3. The minimum absolute atomic E-state index is 0.0190. The molecule has 1 atom stereocenters. The Balaban J connectivity index is 1.66. The van der Waals surface area contributed by atoms with E-state index in [2.05, 4.69) is 10.0 Å². The van der Waals surface area contributed by atoms with Gasteiger partial charge in [-0.1, -0.05) is 12.1 Å². The second kappa shape index (κ2) is 6.92. The first-order chi connectivity index (χ1) is 11.5. The average molecular weight is 365 g/mol. The molecule has 1 fully saturated rings. The number of carbonyl (C=O) groups is 1. The van der Waals surface area contributed by atoms with Gasteiger partial charge in [-0.15, -0.1) is 11.3 Å². The van der Waals surface area contributed by atoms with Crippen molar-refractivity contribution in [3.8, 4) is 0 Å². The van der Waals surface area contributed by atoms with Crippen molar-refractivity contribution in [2.24, 2.45) is 11.7 Å². The molecule has 6 nitrogen and oxygen atoms in total. The first kappa shape index (κ1) is 16.9. The Bertz CT molecular complexity index is 815. The third-order valence-electron chi connectivity index (χ3n) is 3.86. The van der Waals surface area contributed by atoms with Gasteiger partial charge in [0.1, 0.15) is 4.21 Å². The largest absolute Gasteiger partial charge is 0.350 e. The lowest BCUT2D eigenvalue weighted by Crippen LogP contribution is -2.38. The molecular formula is C16H19N3O3S2. The molecule has 0 bridgehead atoms. The highest BCUT2D eigenvalue weighted by atomic mass is 32.2. The number of amides is 1. The summed E-state index contributed by atoms with van der Waals surface area (Å²) in [5.74, 6) is 0.248. The van der Waals surface area contributed by atoms with E-state index in [9.17, 15) is 13.2 Å². The standard InChI is InChI=1S/C16H19N3O3S2/c17-14(11-6-7-11)10-18-16(20)12-3-1-4-13(9-12)19-24(21,22)15-5-2-8-23-15/h1-5,8-9,11,14,19H,6-7,10,17H2,(H,18,20). The van der Waals surface area contributed by atoms with Gasteiger partial charge in [-0.05, 0) is 48.4 Å². The molecule has 8 heteroatoms. The van der Waals surface area contributed by atoms with Crippen molar-refractivity contribution in [2.45, 2.75) is 23.1 Å². The molecule has 1 aliphatic carbocycles. The van der Waals surface area contributed by atoms with Crippen molar-refractivity contribution < 1.29 is 13.2 Å². The molecule has 1 aliphatic rings. The van der Waals surface area contributed by atoms with Gasteiger partial charge >= 0.3 is 0 Å². The van der Waals surface area contributed by atoms with Crippen LogP contribution in [0.5, 0.6) is 0 Å². The number of hydrogen-bond acceptors (Lipinski definition) is 5. The van der Waals surface area contributed by atoms with E-state index in [1.54, 1.807) is 29.6 Å². The summed E-state index contributed by atoms with van der Waals surface area (Å²) in [5, 5.41) is 4.49. The van der Waals surface area contributed by atoms with Gasteiger partial charge in [0.05, 0.1) is 0 Å². The fourth-order valence-electron chi connectivity index (χ4n) is 2.35. The molecule has 4 N–H and O–H groups in total. The topological polar surface area (TPSA) is 101 Å². The van der Waals surface area contributed by atoms with E-state index in [4.69, 9.17) is 5.73 Å². The predicted molar refractivity (Wildman–Crippen MR) is 94.6 cm³/mol. The molecule has 128 valence electrons. The molecule has 1 amide bonds. The molecular weight excluding hydrogens is 346 g/mol. The Hall–Kier alpha value is -1.90. The van der Waals surface area contributed by atoms with E-state index < -0.39 is 10.0 Å². The lowest BCUT2D eigenvalue weighted by atomic mass is 10.1. The summed E-state index contributed by atoms with van der Waals surface area (Å²) in [6.45, 7) is 0.425. The van der Waals surface area contributed by atoms with Gasteiger partial charge in [0.25, 0.3) is 15.9 Å². The van der Waals surface area contributed by atoms with Crippen LogP contribution in [0.1, 0.15) is 23.2 Å². The highest BCUT2D eigenvalue weighted by Gasteiger charge is 2.28. The second-order valence-electron chi connectivity index (χ2n) is 5.83. The van der Waals surface area contributed by atoms with Crippen molar-refractivity contribution in [3.63, 3.8) is 0 Å². The number of rotatable bonds is 7. The van der Waals surface area contributed by atoms with E-state index in [0.717, 1.165) is 24.2 Å². The zero-order valence-electron chi connectivity index (χ0n) is 12.9. The second-order valence-corrected chi connectivity index (χ2v) is 8.69. The number of thiophene rings is 1. The van der Waals surface area contributed by atoms with Crippen LogP contribution >= 0.6 is 11.3 Å². The lowest BCUT2D eigenvalue weighted by molar-refractivity contribution is 0.0950. The van der Waals surface area contributed by atoms with Gasteiger partial charge in [-0.3, -0.25) is 9.52 Å². The first-order valence-electron chi connectivity index (χ1n) is 7.66. The van der Waals surface area contributed by atoms with E-state index in [1.807, 2.05) is 0 Å². The Morgan fingerprint density at radius 1 is 1.29 bits per heavy atom. The zero-order chi connectivity index (χ0) is 17.2. The molecule has 1 aromatic heterocycles. The van der Waals surface area contributed by atoms with Crippen LogP contribution in [-0.4, -0.2) is 26.9 Å². The smallest absolute Gasteiger partial charge is 0.271 e. The Morgan fingerprint density at radius 2 is 2.08 bits per heavy atom. The minimum atomic E-state index is -3.62. The molecule has 0 spiro atoms. The number of sulfonamides is 1. The van der Waals surface area contributed by atoms with Gasteiger partial charge in [0, 0.05) is 23.8 Å². The van der Waals surface area contributed by atoms with Crippen molar-refractivity contribution in [1.29, 1.82) is 0 Å². The summed E-state index contributed by atoms with van der Waals surface area (Å²) in [6.07, 6.45) is 2.24. The molecule has 1 saturated carbocycles. The highest BCUT2D eigenvalue weighted by molar-refractivity contribution is 7.94. The molecule has 0 aliphatic heterocycles. The van der Waals surface area contributed by atoms with Crippen LogP contribution < -0.4 is 15.8 Å². The van der Waals surface area contributed by atoms with Gasteiger partial charge < -0.3 is 11.1 Å². The Kier molecular flexibility index (Phi) is 4.88. The number of nitrogens with one attached hydrogen (secondary N) is 2. The Labute approximate surface area is 145 Å². The summed E-state index contributed by atoms with van der Waals surface area (Å²) in [4.78, 5) is 12.2. The minimum Gasteiger partial charge on any atom is -0.350 e. The van der Waals surface area contributed by atoms with Gasteiger partial charge in [-0.25, -0.2) is 8.42 Å². The van der Waals surface area contributed by atoms with Crippen LogP contribution in [0.15, 0.2) is 46.0 Å². The molecule has 2 aromatic rings. The third-order valence-corrected chi connectivity index (χ3v) is 6.64. The van der Waals surface area contributed by atoms with E-state index in [1.165, 1.54) is 12.1 Å². The number of anilines is 1. The fourth-order valence-corrected chi connectivity index (χ4v) is 4.39. The normalized spacial score (nSPS) is 15.7. The van der Waals surface area contributed by atoms with Crippen molar-refractivity contribution in [1.82, 2.24) is 5.32 Å². The molecule has 24 heavy (non-hydrogen) atoms. The van der Waals surface area contributed by atoms with E-state index in [0.29, 0.717) is 23.7 Å². The maximum atomic E-state index is 12.2. The van der Waals surface area contributed by atoms with Gasteiger partial charge in [-0.2, -0.15) is 0 Å². The maximum Gasteiger partial charge on any atom is 0.271 e. The van der Waals surface area contributed by atoms with Gasteiger partial charge in [0.2, 0.25) is 0 Å². The summed E-state index contributed by atoms with van der Waals surface area (Å²) in [6, 6.07) is 9.59. The van der Waals surface area contributed by atoms with Crippen molar-refractivity contribution in [3.05, 3.63) is 47.3 Å². The summed E-state index contributed by atoms with van der Waals surface area (Å²) in [7, 11) is -3.62. The van der Waals surface area contributed by atoms with Crippen molar-refractivity contribution >= 4 is 33.0 Å². The number of nitrogens with two attached hydrogens (primary N) is 1. The van der Waals surface area contributed by atoms with Crippen LogP contribution in [-0.2, 0) is 10.0 Å². The first-order valence-corrected chi connectivity index (χ1v) is 10.0. The lowest BCUT2D eigenvalue weighted by Gasteiger charge is -2.12. The fraction of sp³-hybridized carbons (Fsp3) is 0.312. The predicted octanol–water partition coefficient (Wildman–Crippen LogP) is 2.02. The number of carbonyl (C=O) groups excluding carboxylic acids is 1. The zero-order valence-corrected chi connectivity index (χ0v) is 14.6. The molecule has 3 rings (SSSR count). The summed E-state index contributed by atoms with van der Waals surface area (Å²) >= 11 is 1.14. The van der Waals surface area contributed by atoms with Crippen LogP contribution in [0.25, 0.3) is 0 Å². The average Bonchev–Trinajstić information content (AvgIpc) is 3.25. The van der Waals surface area contributed by atoms with Crippen LogP contribution in [0, 0.1) is 5.92 Å². The molecule has 1 aromatic carbocycles. The third kappa shape index (κ3) is 4.14. The molecule has 1 unspecified atom stereocenters. The van der Waals surface area contributed by atoms with Crippen LogP contribution in [0.2, 0.25) is 0 Å². The molecule has 1 heterocycles. The molecule has 0 saturated heterocycles. The van der Waals surface area contributed by atoms with E-state index >= 15 is 0 Å². The summed E-state index contributed by atoms with van der Waals surface area (Å²) in [5.41, 5.74) is 6.71. The SMILES string of the molecule is NC(CNC(=O)c1cccc(NS(=O)(=O)c2cccs2)c1)C1CC1. The van der Waals surface area contributed by atoms with Crippen LogP contribution in [0.3, 0.4) is 0 Å². The van der Waals surface area contributed by atoms with Crippen molar-refractivity contribution in [2.75, 3.05) is 11.3 Å². The van der Waals surface area contributed by atoms with Gasteiger partial charge in [0.15, 0.2) is 0 Å². The quantitative estimate of drug-likeness (QED) is 0.698. The highest BCUT2D eigenvalue weighted by Crippen LogP contribution is 2.31. The molecule has 0 radical (unpaired) electrons. The van der Waals surface area contributed by atoms with E-state index in [-0.39, 0.29) is 16.2 Å². The maximum absolute atomic E-state index is 12.2. The monoisotopic (exact) mass is 365 g/mol. The number of benzene rings is 1. The van der Waals surface area contributed by atoms with Crippen LogP contribution in [0.4, 0.5) is 5.69 Å². The summed E-state index contributed by atoms with van der Waals surface area (Å²) < 4.78 is 27.2.